The Kier molecular flexibility index (Phi) is 4.18. The molecule has 106 valence electrons. The summed E-state index contributed by atoms with van der Waals surface area (Å²) in [4.78, 5) is 4.26. The molecule has 0 saturated heterocycles. The summed E-state index contributed by atoms with van der Waals surface area (Å²) in [5.74, 6) is -0.369. The van der Waals surface area contributed by atoms with Crippen LogP contribution in [0, 0.1) is 5.82 Å². The Morgan fingerprint density at radius 1 is 1.14 bits per heavy atom. The summed E-state index contributed by atoms with van der Waals surface area (Å²) in [5, 5.41) is 6.27. The Bertz CT molecular complexity index is 727. The number of anilines is 1. The number of thiazole rings is 1. The van der Waals surface area contributed by atoms with Crippen molar-refractivity contribution in [3.05, 3.63) is 70.4 Å². The van der Waals surface area contributed by atoms with Crippen molar-refractivity contribution in [2.24, 2.45) is 0 Å². The van der Waals surface area contributed by atoms with Crippen LogP contribution in [0.3, 0.4) is 0 Å². The first-order valence-corrected chi connectivity index (χ1v) is 7.66. The fourth-order valence-corrected chi connectivity index (χ4v) is 2.82. The van der Waals surface area contributed by atoms with Gasteiger partial charge in [0.05, 0.1) is 5.02 Å². The molecule has 0 fully saturated rings. The van der Waals surface area contributed by atoms with E-state index in [2.05, 4.69) is 10.3 Å². The summed E-state index contributed by atoms with van der Waals surface area (Å²) in [5.41, 5.74) is 2.55. The number of halogens is 2. The van der Waals surface area contributed by atoms with Crippen LogP contribution in [0.1, 0.15) is 5.56 Å². The minimum absolute atomic E-state index is 0.147. The normalized spacial score (nSPS) is 10.6. The zero-order valence-electron chi connectivity index (χ0n) is 11.0. The van der Waals surface area contributed by atoms with Crippen LogP contribution in [-0.4, -0.2) is 4.98 Å². The third-order valence-corrected chi connectivity index (χ3v) is 4.19. The van der Waals surface area contributed by atoms with Crippen molar-refractivity contribution in [2.75, 3.05) is 5.32 Å². The first-order chi connectivity index (χ1) is 10.2. The number of hydrogen-bond acceptors (Lipinski definition) is 3. The van der Waals surface area contributed by atoms with Crippen LogP contribution in [0.4, 0.5) is 10.1 Å². The van der Waals surface area contributed by atoms with Gasteiger partial charge in [-0.15, -0.1) is 11.3 Å². The molecule has 0 spiro atoms. The average molecular weight is 319 g/mol. The number of hydrogen-bond donors (Lipinski definition) is 1. The van der Waals surface area contributed by atoms with Gasteiger partial charge in [0, 0.05) is 34.9 Å². The van der Waals surface area contributed by atoms with Crippen LogP contribution in [-0.2, 0) is 6.54 Å². The molecule has 1 aromatic heterocycles. The van der Waals surface area contributed by atoms with Crippen LogP contribution in [0.25, 0.3) is 10.6 Å². The lowest BCUT2D eigenvalue weighted by Gasteiger charge is -2.08. The van der Waals surface area contributed by atoms with Gasteiger partial charge in [0.2, 0.25) is 0 Å². The average Bonchev–Trinajstić information content (AvgIpc) is 3.04. The van der Waals surface area contributed by atoms with Gasteiger partial charge in [0.1, 0.15) is 10.8 Å². The quantitative estimate of drug-likeness (QED) is 0.714. The Morgan fingerprint density at radius 3 is 2.67 bits per heavy atom. The molecule has 0 radical (unpaired) electrons. The van der Waals surface area contributed by atoms with E-state index >= 15 is 0 Å². The molecule has 2 nitrogen and oxygen atoms in total. The molecule has 3 aromatic rings. The van der Waals surface area contributed by atoms with Gasteiger partial charge in [-0.05, 0) is 30.3 Å². The molecule has 1 N–H and O–H groups in total. The number of aromatic nitrogens is 1. The molecule has 0 aliphatic carbocycles. The molecule has 0 saturated carbocycles. The summed E-state index contributed by atoms with van der Waals surface area (Å²) in [7, 11) is 0. The second kappa shape index (κ2) is 6.24. The molecule has 3 rings (SSSR count). The van der Waals surface area contributed by atoms with Crippen LogP contribution in [0.2, 0.25) is 5.02 Å². The zero-order valence-corrected chi connectivity index (χ0v) is 12.6. The van der Waals surface area contributed by atoms with Crippen LogP contribution >= 0.6 is 22.9 Å². The fraction of sp³-hybridized carbons (Fsp3) is 0.0625. The minimum atomic E-state index is -0.369. The second-order valence-electron chi connectivity index (χ2n) is 4.48. The van der Waals surface area contributed by atoms with Gasteiger partial charge in [-0.3, -0.25) is 0 Å². The summed E-state index contributed by atoms with van der Waals surface area (Å²) in [6.07, 6.45) is 1.79. The van der Waals surface area contributed by atoms with E-state index in [1.54, 1.807) is 35.7 Å². The molecule has 0 aliphatic rings. The zero-order chi connectivity index (χ0) is 14.7. The minimum Gasteiger partial charge on any atom is -0.381 e. The van der Waals surface area contributed by atoms with E-state index in [9.17, 15) is 4.39 Å². The third-order valence-electron chi connectivity index (χ3n) is 3.08. The maximum atomic E-state index is 13.8. The molecule has 0 amide bonds. The largest absolute Gasteiger partial charge is 0.381 e. The molecule has 0 bridgehead atoms. The molecule has 0 aliphatic heterocycles. The second-order valence-corrected chi connectivity index (χ2v) is 5.78. The van der Waals surface area contributed by atoms with Crippen LogP contribution < -0.4 is 5.32 Å². The molecule has 21 heavy (non-hydrogen) atoms. The summed E-state index contributed by atoms with van der Waals surface area (Å²) in [6.45, 7) is 0.392. The van der Waals surface area contributed by atoms with Crippen molar-refractivity contribution in [2.45, 2.75) is 6.54 Å². The lowest BCUT2D eigenvalue weighted by atomic mass is 10.2. The van der Waals surface area contributed by atoms with E-state index in [0.29, 0.717) is 12.1 Å². The molecular weight excluding hydrogens is 307 g/mol. The van der Waals surface area contributed by atoms with E-state index < -0.39 is 0 Å². The number of rotatable bonds is 4. The smallest absolute Gasteiger partial charge is 0.146 e. The van der Waals surface area contributed by atoms with Crippen molar-refractivity contribution >= 4 is 28.6 Å². The number of nitrogens with one attached hydrogen (secondary N) is 1. The lowest BCUT2D eigenvalue weighted by Crippen LogP contribution is -2.01. The predicted molar refractivity (Wildman–Crippen MR) is 86.3 cm³/mol. The molecule has 2 aromatic carbocycles. The summed E-state index contributed by atoms with van der Waals surface area (Å²) in [6, 6.07) is 12.9. The Balaban J connectivity index is 1.70. The van der Waals surface area contributed by atoms with E-state index in [4.69, 9.17) is 11.6 Å². The van der Waals surface area contributed by atoms with E-state index in [1.807, 2.05) is 29.6 Å². The Labute approximate surface area is 131 Å². The van der Waals surface area contributed by atoms with Crippen molar-refractivity contribution in [1.29, 1.82) is 0 Å². The number of benzene rings is 2. The highest BCUT2D eigenvalue weighted by Crippen LogP contribution is 2.24. The monoisotopic (exact) mass is 318 g/mol. The van der Waals surface area contributed by atoms with Gasteiger partial charge < -0.3 is 5.32 Å². The summed E-state index contributed by atoms with van der Waals surface area (Å²) >= 11 is 7.36. The molecule has 5 heteroatoms. The standard InChI is InChI=1S/C16H12ClFN2S/c17-14-3-1-2-12(15(14)18)10-20-13-6-4-11(5-7-13)16-19-8-9-21-16/h1-9,20H,10H2. The first-order valence-electron chi connectivity index (χ1n) is 6.41. The summed E-state index contributed by atoms with van der Waals surface area (Å²) < 4.78 is 13.8. The van der Waals surface area contributed by atoms with Crippen molar-refractivity contribution in [3.63, 3.8) is 0 Å². The molecule has 1 heterocycles. The third kappa shape index (κ3) is 3.23. The lowest BCUT2D eigenvalue weighted by molar-refractivity contribution is 0.613. The maximum Gasteiger partial charge on any atom is 0.146 e. The Morgan fingerprint density at radius 2 is 1.95 bits per heavy atom. The maximum absolute atomic E-state index is 13.8. The topological polar surface area (TPSA) is 24.9 Å². The molecule has 0 unspecified atom stereocenters. The van der Waals surface area contributed by atoms with Gasteiger partial charge in [-0.25, -0.2) is 9.37 Å². The van der Waals surface area contributed by atoms with Gasteiger partial charge in [-0.2, -0.15) is 0 Å². The SMILES string of the molecule is Fc1c(Cl)cccc1CNc1ccc(-c2nccs2)cc1. The van der Waals surface area contributed by atoms with Crippen molar-refractivity contribution < 1.29 is 4.39 Å². The van der Waals surface area contributed by atoms with Gasteiger partial charge in [0.25, 0.3) is 0 Å². The first kappa shape index (κ1) is 14.0. The highest BCUT2D eigenvalue weighted by atomic mass is 35.5. The molecule has 0 atom stereocenters. The highest BCUT2D eigenvalue weighted by Gasteiger charge is 2.06. The number of nitrogens with zero attached hydrogens (tertiary/aromatic N) is 1. The van der Waals surface area contributed by atoms with Crippen LogP contribution in [0.5, 0.6) is 0 Å². The van der Waals surface area contributed by atoms with E-state index in [0.717, 1.165) is 16.3 Å². The Hall–Kier alpha value is -1.91. The van der Waals surface area contributed by atoms with Gasteiger partial charge >= 0.3 is 0 Å². The van der Waals surface area contributed by atoms with Gasteiger partial charge in [0.15, 0.2) is 0 Å². The van der Waals surface area contributed by atoms with E-state index in [1.165, 1.54) is 0 Å². The molecular formula is C16H12ClFN2S. The highest BCUT2D eigenvalue weighted by molar-refractivity contribution is 7.13. The van der Waals surface area contributed by atoms with Crippen molar-refractivity contribution in [1.82, 2.24) is 4.98 Å². The predicted octanol–water partition coefficient (Wildman–Crippen LogP) is 5.21. The van der Waals surface area contributed by atoms with Gasteiger partial charge in [-0.1, -0.05) is 23.7 Å². The van der Waals surface area contributed by atoms with Crippen LogP contribution in [0.15, 0.2) is 54.0 Å². The van der Waals surface area contributed by atoms with Crippen molar-refractivity contribution in [3.8, 4) is 10.6 Å². The fourth-order valence-electron chi connectivity index (χ4n) is 1.98. The van der Waals surface area contributed by atoms with E-state index in [-0.39, 0.29) is 10.8 Å².